The number of hydrogen-bond acceptors (Lipinski definition) is 3. The molecule has 1 unspecified atom stereocenters. The second-order valence-corrected chi connectivity index (χ2v) is 3.69. The molecule has 0 fully saturated rings. The van der Waals surface area contributed by atoms with Crippen LogP contribution in [0.4, 0.5) is 8.78 Å². The SMILES string of the molecule is COC(=O)C1Cc2c(F)cc(F)cc2CN1. The van der Waals surface area contributed by atoms with Crippen molar-refractivity contribution in [3.05, 3.63) is 34.9 Å². The summed E-state index contributed by atoms with van der Waals surface area (Å²) in [4.78, 5) is 11.3. The van der Waals surface area contributed by atoms with E-state index in [1.807, 2.05) is 0 Å². The Bertz CT molecular complexity index is 434. The van der Waals surface area contributed by atoms with Gasteiger partial charge in [0.15, 0.2) is 0 Å². The molecule has 0 spiro atoms. The minimum atomic E-state index is -0.606. The number of carbonyl (C=O) groups excluding carboxylic acids is 1. The van der Waals surface area contributed by atoms with Crippen LogP contribution in [0.1, 0.15) is 11.1 Å². The van der Waals surface area contributed by atoms with E-state index in [2.05, 4.69) is 10.1 Å². The zero-order valence-electron chi connectivity index (χ0n) is 8.72. The molecule has 0 aliphatic carbocycles. The summed E-state index contributed by atoms with van der Waals surface area (Å²) in [6, 6.07) is 1.55. The van der Waals surface area contributed by atoms with Crippen molar-refractivity contribution in [3.8, 4) is 0 Å². The van der Waals surface area contributed by atoms with Crippen LogP contribution in [0.25, 0.3) is 0 Å². The monoisotopic (exact) mass is 227 g/mol. The molecule has 0 aromatic heterocycles. The van der Waals surface area contributed by atoms with E-state index in [1.165, 1.54) is 13.2 Å². The van der Waals surface area contributed by atoms with Crippen LogP contribution in [0.15, 0.2) is 12.1 Å². The summed E-state index contributed by atoms with van der Waals surface area (Å²) in [6.07, 6.45) is 0.189. The summed E-state index contributed by atoms with van der Waals surface area (Å²) >= 11 is 0. The van der Waals surface area contributed by atoms with E-state index < -0.39 is 23.6 Å². The molecule has 1 aromatic carbocycles. The van der Waals surface area contributed by atoms with Crippen molar-refractivity contribution in [2.45, 2.75) is 19.0 Å². The second kappa shape index (κ2) is 4.17. The first-order valence-electron chi connectivity index (χ1n) is 4.90. The Morgan fingerprint density at radius 2 is 2.25 bits per heavy atom. The molecule has 3 nitrogen and oxygen atoms in total. The Labute approximate surface area is 91.4 Å². The molecule has 86 valence electrons. The number of carbonyl (C=O) groups is 1. The number of hydrogen-bond donors (Lipinski definition) is 1. The van der Waals surface area contributed by atoms with Crippen molar-refractivity contribution in [2.75, 3.05) is 7.11 Å². The lowest BCUT2D eigenvalue weighted by Crippen LogP contribution is -2.42. The maximum atomic E-state index is 13.5. The predicted octanol–water partition coefficient (Wildman–Crippen LogP) is 1.15. The first-order chi connectivity index (χ1) is 7.61. The van der Waals surface area contributed by atoms with Crippen molar-refractivity contribution in [1.29, 1.82) is 0 Å². The maximum Gasteiger partial charge on any atom is 0.323 e. The lowest BCUT2D eigenvalue weighted by molar-refractivity contribution is -0.143. The van der Waals surface area contributed by atoms with Gasteiger partial charge in [-0.1, -0.05) is 0 Å². The lowest BCUT2D eigenvalue weighted by Gasteiger charge is -2.24. The fraction of sp³-hybridized carbons (Fsp3) is 0.364. The minimum Gasteiger partial charge on any atom is -0.468 e. The van der Waals surface area contributed by atoms with E-state index in [0.717, 1.165) is 6.07 Å². The van der Waals surface area contributed by atoms with E-state index in [9.17, 15) is 13.6 Å². The van der Waals surface area contributed by atoms with Crippen LogP contribution in [0.5, 0.6) is 0 Å². The summed E-state index contributed by atoms with van der Waals surface area (Å²) in [5.74, 6) is -1.64. The molecular weight excluding hydrogens is 216 g/mol. The van der Waals surface area contributed by atoms with Gasteiger partial charge in [0.25, 0.3) is 0 Å². The highest BCUT2D eigenvalue weighted by Crippen LogP contribution is 2.21. The van der Waals surface area contributed by atoms with Gasteiger partial charge in [0.05, 0.1) is 7.11 Å². The summed E-state index contributed by atoms with van der Waals surface area (Å²) in [5.41, 5.74) is 0.938. The second-order valence-electron chi connectivity index (χ2n) is 3.69. The molecule has 0 bridgehead atoms. The Kier molecular flexibility index (Phi) is 2.87. The Morgan fingerprint density at radius 1 is 1.50 bits per heavy atom. The fourth-order valence-corrected chi connectivity index (χ4v) is 1.86. The molecule has 1 aliphatic heterocycles. The van der Waals surface area contributed by atoms with E-state index in [-0.39, 0.29) is 13.0 Å². The molecule has 0 saturated heterocycles. The van der Waals surface area contributed by atoms with Gasteiger partial charge in [-0.3, -0.25) is 10.1 Å². The van der Waals surface area contributed by atoms with Crippen LogP contribution in [0, 0.1) is 11.6 Å². The van der Waals surface area contributed by atoms with Gasteiger partial charge in [-0.25, -0.2) is 8.78 Å². The highest BCUT2D eigenvalue weighted by atomic mass is 19.1. The smallest absolute Gasteiger partial charge is 0.323 e. The van der Waals surface area contributed by atoms with Crippen LogP contribution in [0.3, 0.4) is 0 Å². The van der Waals surface area contributed by atoms with Gasteiger partial charge in [0.1, 0.15) is 17.7 Å². The number of methoxy groups -OCH3 is 1. The van der Waals surface area contributed by atoms with E-state index in [4.69, 9.17) is 0 Å². The predicted molar refractivity (Wildman–Crippen MR) is 52.7 cm³/mol. The minimum absolute atomic E-state index is 0.189. The van der Waals surface area contributed by atoms with Gasteiger partial charge in [0.2, 0.25) is 0 Å². The lowest BCUT2D eigenvalue weighted by atomic mass is 9.95. The first kappa shape index (κ1) is 11.0. The largest absolute Gasteiger partial charge is 0.468 e. The van der Waals surface area contributed by atoms with Gasteiger partial charge < -0.3 is 4.74 Å². The van der Waals surface area contributed by atoms with Gasteiger partial charge in [-0.05, 0) is 17.2 Å². The number of ether oxygens (including phenoxy) is 1. The molecule has 0 radical (unpaired) electrons. The van der Waals surface area contributed by atoms with Gasteiger partial charge in [0, 0.05) is 19.0 Å². The van der Waals surface area contributed by atoms with E-state index >= 15 is 0 Å². The third-order valence-electron chi connectivity index (χ3n) is 2.69. The number of esters is 1. The third-order valence-corrected chi connectivity index (χ3v) is 2.69. The molecule has 0 saturated carbocycles. The molecule has 16 heavy (non-hydrogen) atoms. The zero-order valence-corrected chi connectivity index (χ0v) is 8.72. The highest BCUT2D eigenvalue weighted by molar-refractivity contribution is 5.76. The maximum absolute atomic E-state index is 13.5. The van der Waals surface area contributed by atoms with E-state index in [0.29, 0.717) is 11.1 Å². The topological polar surface area (TPSA) is 38.3 Å². The Morgan fingerprint density at radius 3 is 2.94 bits per heavy atom. The number of nitrogens with one attached hydrogen (secondary N) is 1. The number of fused-ring (bicyclic) bond motifs is 1. The molecule has 1 aromatic rings. The zero-order chi connectivity index (χ0) is 11.7. The molecule has 1 N–H and O–H groups in total. The highest BCUT2D eigenvalue weighted by Gasteiger charge is 2.27. The normalized spacial score (nSPS) is 19.1. The van der Waals surface area contributed by atoms with Crippen LogP contribution in [0.2, 0.25) is 0 Å². The molecule has 2 rings (SSSR count). The average Bonchev–Trinajstić information content (AvgIpc) is 2.27. The first-order valence-corrected chi connectivity index (χ1v) is 4.90. The summed E-state index contributed by atoms with van der Waals surface area (Å²) in [5, 5.41) is 2.87. The Hall–Kier alpha value is -1.49. The van der Waals surface area contributed by atoms with Gasteiger partial charge >= 0.3 is 5.97 Å². The summed E-state index contributed by atoms with van der Waals surface area (Å²) in [7, 11) is 1.28. The van der Waals surface area contributed by atoms with Crippen LogP contribution >= 0.6 is 0 Å². The fourth-order valence-electron chi connectivity index (χ4n) is 1.86. The van der Waals surface area contributed by atoms with Gasteiger partial charge in [-0.15, -0.1) is 0 Å². The average molecular weight is 227 g/mol. The van der Waals surface area contributed by atoms with Crippen molar-refractivity contribution in [2.24, 2.45) is 0 Å². The summed E-state index contributed by atoms with van der Waals surface area (Å²) in [6.45, 7) is 0.268. The van der Waals surface area contributed by atoms with Crippen molar-refractivity contribution in [1.82, 2.24) is 5.32 Å². The molecule has 1 aliphatic rings. The molecular formula is C11H11F2NO2. The van der Waals surface area contributed by atoms with Crippen molar-refractivity contribution >= 4 is 5.97 Å². The Balaban J connectivity index is 2.30. The van der Waals surface area contributed by atoms with Crippen LogP contribution in [-0.2, 0) is 22.5 Å². The quantitative estimate of drug-likeness (QED) is 0.731. The van der Waals surface area contributed by atoms with Crippen LogP contribution in [-0.4, -0.2) is 19.1 Å². The number of rotatable bonds is 1. The van der Waals surface area contributed by atoms with Gasteiger partial charge in [-0.2, -0.15) is 0 Å². The van der Waals surface area contributed by atoms with Crippen LogP contribution < -0.4 is 5.32 Å². The summed E-state index contributed by atoms with van der Waals surface area (Å²) < 4.78 is 30.9. The van der Waals surface area contributed by atoms with Crippen molar-refractivity contribution < 1.29 is 18.3 Å². The number of halogens is 2. The third kappa shape index (κ3) is 1.90. The van der Waals surface area contributed by atoms with E-state index in [1.54, 1.807) is 0 Å². The molecule has 1 atom stereocenters. The number of benzene rings is 1. The standard InChI is InChI=1S/C11H11F2NO2/c1-16-11(15)10-4-8-6(5-14-10)2-7(12)3-9(8)13/h2-3,10,14H,4-5H2,1H3. The van der Waals surface area contributed by atoms with Crippen molar-refractivity contribution in [3.63, 3.8) is 0 Å². The molecule has 0 amide bonds. The molecule has 1 heterocycles. The molecule has 5 heteroatoms.